The van der Waals surface area contributed by atoms with E-state index in [4.69, 9.17) is 5.11 Å². The van der Waals surface area contributed by atoms with Gasteiger partial charge in [-0.25, -0.2) is 4.79 Å². The number of carboxylic acids is 1. The van der Waals surface area contributed by atoms with E-state index in [0.29, 0.717) is 0 Å². The van der Waals surface area contributed by atoms with E-state index in [1.54, 1.807) is 5.38 Å². The molecule has 0 aliphatic rings. The highest BCUT2D eigenvalue weighted by Gasteiger charge is 2.16. The van der Waals surface area contributed by atoms with Crippen molar-refractivity contribution in [3.8, 4) is 0 Å². The molecule has 3 N–H and O–H groups in total. The minimum absolute atomic E-state index is 0.000657. The molecule has 0 saturated carbocycles. The molecule has 0 radical (unpaired) electrons. The quantitative estimate of drug-likeness (QED) is 0.779. The summed E-state index contributed by atoms with van der Waals surface area (Å²) in [6, 6.07) is 2.61. The molecule has 2 aromatic rings. The number of carbonyl (C=O) groups is 2. The van der Waals surface area contributed by atoms with E-state index in [9.17, 15) is 14.4 Å². The van der Waals surface area contributed by atoms with Crippen LogP contribution in [-0.2, 0) is 0 Å². The third kappa shape index (κ3) is 2.30. The van der Waals surface area contributed by atoms with Crippen molar-refractivity contribution in [2.75, 3.05) is 5.32 Å². The van der Waals surface area contributed by atoms with Crippen molar-refractivity contribution in [1.82, 2.24) is 4.98 Å². The van der Waals surface area contributed by atoms with Gasteiger partial charge in [0.15, 0.2) is 5.43 Å². The van der Waals surface area contributed by atoms with Crippen LogP contribution in [0.3, 0.4) is 0 Å². The number of aromatic carboxylic acids is 1. The van der Waals surface area contributed by atoms with E-state index in [0.717, 1.165) is 11.3 Å². The SMILES string of the molecule is O=C(O)c1ccsc1NC(=O)c1c[nH]ccc1=O. The first-order valence-corrected chi connectivity index (χ1v) is 5.77. The zero-order chi connectivity index (χ0) is 13.1. The van der Waals surface area contributed by atoms with Gasteiger partial charge in [0, 0.05) is 18.5 Å². The minimum atomic E-state index is -1.13. The fraction of sp³-hybridized carbons (Fsp3) is 0. The third-order valence-corrected chi connectivity index (χ3v) is 3.02. The number of nitrogens with one attached hydrogen (secondary N) is 2. The Labute approximate surface area is 105 Å². The maximum atomic E-state index is 11.8. The zero-order valence-electron chi connectivity index (χ0n) is 8.97. The van der Waals surface area contributed by atoms with Gasteiger partial charge in [0.25, 0.3) is 5.91 Å². The lowest BCUT2D eigenvalue weighted by Crippen LogP contribution is -2.21. The Morgan fingerprint density at radius 1 is 1.28 bits per heavy atom. The molecule has 2 heterocycles. The maximum Gasteiger partial charge on any atom is 0.338 e. The zero-order valence-corrected chi connectivity index (χ0v) is 9.78. The van der Waals surface area contributed by atoms with E-state index in [1.807, 2.05) is 0 Å². The van der Waals surface area contributed by atoms with Crippen LogP contribution < -0.4 is 10.7 Å². The highest BCUT2D eigenvalue weighted by Crippen LogP contribution is 2.23. The van der Waals surface area contributed by atoms with Crippen LogP contribution in [0.1, 0.15) is 20.7 Å². The van der Waals surface area contributed by atoms with E-state index < -0.39 is 17.3 Å². The summed E-state index contributed by atoms with van der Waals surface area (Å²) in [6.45, 7) is 0. The molecule has 7 heteroatoms. The van der Waals surface area contributed by atoms with Crippen LogP contribution in [0, 0.1) is 0 Å². The Kier molecular flexibility index (Phi) is 3.24. The summed E-state index contributed by atoms with van der Waals surface area (Å²) in [7, 11) is 0. The molecular formula is C11H8N2O4S. The second-order valence-corrected chi connectivity index (χ2v) is 4.26. The summed E-state index contributed by atoms with van der Waals surface area (Å²) in [5, 5.41) is 13.0. The van der Waals surface area contributed by atoms with Gasteiger partial charge in [-0.2, -0.15) is 0 Å². The molecule has 6 nitrogen and oxygen atoms in total. The Balaban J connectivity index is 2.28. The van der Waals surface area contributed by atoms with Crippen LogP contribution in [0.25, 0.3) is 0 Å². The third-order valence-electron chi connectivity index (χ3n) is 2.19. The smallest absolute Gasteiger partial charge is 0.338 e. The average molecular weight is 264 g/mol. The number of anilines is 1. The number of H-pyrrole nitrogens is 1. The summed E-state index contributed by atoms with van der Waals surface area (Å²) in [5.41, 5.74) is -0.498. The molecule has 0 aromatic carbocycles. The molecule has 0 saturated heterocycles. The van der Waals surface area contributed by atoms with Gasteiger partial charge >= 0.3 is 5.97 Å². The number of rotatable bonds is 3. The standard InChI is InChI=1S/C11H8N2O4S/c14-8-1-3-12-5-7(8)9(15)13-10-6(11(16)17)2-4-18-10/h1-5H,(H,12,14)(H,13,15)(H,16,17). The molecule has 0 unspecified atom stereocenters. The van der Waals surface area contributed by atoms with Crippen LogP contribution in [0.2, 0.25) is 0 Å². The molecule has 0 aliphatic heterocycles. The van der Waals surface area contributed by atoms with E-state index >= 15 is 0 Å². The van der Waals surface area contributed by atoms with Gasteiger partial charge < -0.3 is 15.4 Å². The van der Waals surface area contributed by atoms with Crippen molar-refractivity contribution in [3.05, 3.63) is 51.3 Å². The topological polar surface area (TPSA) is 99.3 Å². The van der Waals surface area contributed by atoms with E-state index in [1.165, 1.54) is 24.5 Å². The van der Waals surface area contributed by atoms with E-state index in [2.05, 4.69) is 10.3 Å². The molecule has 0 aliphatic carbocycles. The number of hydrogen-bond acceptors (Lipinski definition) is 4. The monoisotopic (exact) mass is 264 g/mol. The molecule has 0 fully saturated rings. The van der Waals surface area contributed by atoms with Gasteiger partial charge in [0.05, 0.1) is 5.56 Å². The lowest BCUT2D eigenvalue weighted by atomic mass is 10.2. The van der Waals surface area contributed by atoms with E-state index in [-0.39, 0.29) is 16.1 Å². The van der Waals surface area contributed by atoms with Crippen LogP contribution >= 0.6 is 11.3 Å². The van der Waals surface area contributed by atoms with Crippen LogP contribution in [-0.4, -0.2) is 22.0 Å². The molecule has 2 rings (SSSR count). The lowest BCUT2D eigenvalue weighted by molar-refractivity contribution is 0.0698. The Bertz CT molecular complexity index is 659. The molecule has 2 aromatic heterocycles. The summed E-state index contributed by atoms with van der Waals surface area (Å²) >= 11 is 1.08. The number of thiophene rings is 1. The van der Waals surface area contributed by atoms with Crippen molar-refractivity contribution in [2.45, 2.75) is 0 Å². The van der Waals surface area contributed by atoms with Gasteiger partial charge in [0.2, 0.25) is 0 Å². The Morgan fingerprint density at radius 3 is 2.72 bits per heavy atom. The average Bonchev–Trinajstić information content (AvgIpc) is 2.77. The Morgan fingerprint density at radius 2 is 2.06 bits per heavy atom. The van der Waals surface area contributed by atoms with Gasteiger partial charge in [0.1, 0.15) is 10.6 Å². The summed E-state index contributed by atoms with van der Waals surface area (Å²) in [5.74, 6) is -1.77. The first-order chi connectivity index (χ1) is 8.59. The van der Waals surface area contributed by atoms with Crippen molar-refractivity contribution in [3.63, 3.8) is 0 Å². The predicted octanol–water partition coefficient (Wildman–Crippen LogP) is 1.39. The van der Waals surface area contributed by atoms with Crippen molar-refractivity contribution in [2.24, 2.45) is 0 Å². The second-order valence-electron chi connectivity index (χ2n) is 3.34. The Hall–Kier alpha value is -2.41. The van der Waals surface area contributed by atoms with Crippen LogP contribution in [0.5, 0.6) is 0 Å². The summed E-state index contributed by atoms with van der Waals surface area (Å²) < 4.78 is 0. The highest BCUT2D eigenvalue weighted by molar-refractivity contribution is 7.14. The fourth-order valence-corrected chi connectivity index (χ4v) is 2.11. The van der Waals surface area contributed by atoms with Gasteiger partial charge in [-0.15, -0.1) is 11.3 Å². The number of carbonyl (C=O) groups excluding carboxylic acids is 1. The molecule has 0 atom stereocenters. The first kappa shape index (κ1) is 12.1. The molecule has 92 valence electrons. The molecular weight excluding hydrogens is 256 g/mol. The number of aromatic nitrogens is 1. The summed E-state index contributed by atoms with van der Waals surface area (Å²) in [6.07, 6.45) is 2.68. The van der Waals surface area contributed by atoms with Crippen molar-refractivity contribution in [1.29, 1.82) is 0 Å². The lowest BCUT2D eigenvalue weighted by Gasteiger charge is -2.03. The highest BCUT2D eigenvalue weighted by atomic mass is 32.1. The van der Waals surface area contributed by atoms with Gasteiger partial charge in [-0.1, -0.05) is 0 Å². The molecule has 0 spiro atoms. The van der Waals surface area contributed by atoms with Crippen molar-refractivity contribution >= 4 is 28.2 Å². The van der Waals surface area contributed by atoms with Gasteiger partial charge in [-0.05, 0) is 11.4 Å². The molecule has 18 heavy (non-hydrogen) atoms. The van der Waals surface area contributed by atoms with Crippen LogP contribution in [0.4, 0.5) is 5.00 Å². The first-order valence-electron chi connectivity index (χ1n) is 4.89. The maximum absolute atomic E-state index is 11.8. The number of carboxylic acid groups (broad SMARTS) is 1. The summed E-state index contributed by atoms with van der Waals surface area (Å²) in [4.78, 5) is 36.7. The van der Waals surface area contributed by atoms with Gasteiger partial charge in [-0.3, -0.25) is 9.59 Å². The molecule has 0 bridgehead atoms. The predicted molar refractivity (Wildman–Crippen MR) is 66.3 cm³/mol. The molecule has 1 amide bonds. The number of amides is 1. The largest absolute Gasteiger partial charge is 0.478 e. The van der Waals surface area contributed by atoms with Crippen LogP contribution in [0.15, 0.2) is 34.7 Å². The number of pyridine rings is 1. The van der Waals surface area contributed by atoms with Crippen molar-refractivity contribution < 1.29 is 14.7 Å². The second kappa shape index (κ2) is 4.84. The number of aromatic amines is 1. The fourth-order valence-electron chi connectivity index (χ4n) is 1.34. The normalized spacial score (nSPS) is 10.0. The number of hydrogen-bond donors (Lipinski definition) is 3. The minimum Gasteiger partial charge on any atom is -0.478 e.